The number of rotatable bonds is 5. The molecule has 0 bridgehead atoms. The van der Waals surface area contributed by atoms with Gasteiger partial charge in [-0.15, -0.1) is 0 Å². The maximum Gasteiger partial charge on any atom is 0.410 e. The van der Waals surface area contributed by atoms with Gasteiger partial charge >= 0.3 is 6.09 Å². The van der Waals surface area contributed by atoms with Crippen LogP contribution in [-0.4, -0.2) is 49.3 Å². The van der Waals surface area contributed by atoms with E-state index in [0.29, 0.717) is 18.8 Å². The largest absolute Gasteiger partial charge is 0.484 e. The number of halogens is 1. The van der Waals surface area contributed by atoms with Gasteiger partial charge in [0, 0.05) is 31.0 Å². The highest BCUT2D eigenvalue weighted by atomic mass is 32.2. The Morgan fingerprint density at radius 1 is 1.19 bits per heavy atom. The second-order valence-corrected chi connectivity index (χ2v) is 11.0. The number of carbonyl (C=O) groups is 1. The first-order valence-electron chi connectivity index (χ1n) is 10.5. The van der Waals surface area contributed by atoms with Gasteiger partial charge in [-0.25, -0.2) is 17.6 Å². The highest BCUT2D eigenvalue weighted by molar-refractivity contribution is 7.90. The van der Waals surface area contributed by atoms with Gasteiger partial charge in [-0.3, -0.25) is 4.98 Å². The Balaban J connectivity index is 1.59. The minimum atomic E-state index is -3.49. The second-order valence-electron chi connectivity index (χ2n) is 8.95. The van der Waals surface area contributed by atoms with E-state index in [0.717, 1.165) is 30.9 Å². The lowest BCUT2D eigenvalue weighted by Crippen LogP contribution is -2.41. The number of ether oxygens (including phenoxy) is 2. The molecule has 0 N–H and O–H groups in total. The Hall–Kier alpha value is -2.68. The minimum absolute atomic E-state index is 0.0322. The van der Waals surface area contributed by atoms with Gasteiger partial charge in [0.1, 0.15) is 12.2 Å². The first-order chi connectivity index (χ1) is 14.9. The molecule has 0 radical (unpaired) electrons. The van der Waals surface area contributed by atoms with Gasteiger partial charge in [0.2, 0.25) is 0 Å². The number of hydrogen-bond acceptors (Lipinski definition) is 6. The van der Waals surface area contributed by atoms with Gasteiger partial charge in [-0.05, 0) is 63.9 Å². The van der Waals surface area contributed by atoms with Crippen molar-refractivity contribution in [1.82, 2.24) is 9.88 Å². The predicted octanol–water partition coefficient (Wildman–Crippen LogP) is 4.32. The lowest BCUT2D eigenvalue weighted by Gasteiger charge is -2.33. The van der Waals surface area contributed by atoms with Gasteiger partial charge in [-0.1, -0.05) is 6.07 Å². The summed E-state index contributed by atoms with van der Waals surface area (Å²) in [7, 11) is -3.49. The molecular formula is C23H29FN2O5S. The number of piperidine rings is 1. The van der Waals surface area contributed by atoms with Crippen molar-refractivity contribution in [2.24, 2.45) is 0 Å². The maximum atomic E-state index is 14.2. The third-order valence-corrected chi connectivity index (χ3v) is 6.21. The average Bonchev–Trinajstić information content (AvgIpc) is 2.71. The lowest BCUT2D eigenvalue weighted by atomic mass is 9.93. The van der Waals surface area contributed by atoms with Gasteiger partial charge < -0.3 is 14.4 Å². The van der Waals surface area contributed by atoms with Crippen LogP contribution in [0.15, 0.2) is 41.3 Å². The molecule has 1 amide bonds. The molecule has 1 aromatic carbocycles. The number of pyridine rings is 1. The van der Waals surface area contributed by atoms with Crippen LogP contribution in [-0.2, 0) is 21.2 Å². The fourth-order valence-corrected chi connectivity index (χ4v) is 4.10. The summed E-state index contributed by atoms with van der Waals surface area (Å²) in [5.41, 5.74) is 1.03. The minimum Gasteiger partial charge on any atom is -0.484 e. The smallest absolute Gasteiger partial charge is 0.410 e. The van der Waals surface area contributed by atoms with Crippen molar-refractivity contribution < 1.29 is 27.1 Å². The topological polar surface area (TPSA) is 85.8 Å². The van der Waals surface area contributed by atoms with Gasteiger partial charge in [0.15, 0.2) is 21.4 Å². The molecular weight excluding hydrogens is 435 g/mol. The highest BCUT2D eigenvalue weighted by Gasteiger charge is 2.28. The number of benzene rings is 1. The van der Waals surface area contributed by atoms with E-state index in [1.165, 1.54) is 12.1 Å². The van der Waals surface area contributed by atoms with E-state index in [-0.39, 0.29) is 29.3 Å². The summed E-state index contributed by atoms with van der Waals surface area (Å²) in [6.45, 7) is 6.79. The fourth-order valence-electron chi connectivity index (χ4n) is 3.47. The van der Waals surface area contributed by atoms with Crippen molar-refractivity contribution in [3.8, 4) is 5.75 Å². The molecule has 174 valence electrons. The molecule has 2 heterocycles. The Labute approximate surface area is 188 Å². The molecule has 9 heteroatoms. The van der Waals surface area contributed by atoms with E-state index in [1.807, 2.05) is 32.9 Å². The van der Waals surface area contributed by atoms with Crippen LogP contribution in [0.25, 0.3) is 0 Å². The number of likely N-dealkylation sites (tertiary alicyclic amines) is 1. The molecule has 0 spiro atoms. The summed E-state index contributed by atoms with van der Waals surface area (Å²) in [4.78, 5) is 18.5. The zero-order valence-electron chi connectivity index (χ0n) is 18.8. The molecule has 1 aliphatic rings. The number of amides is 1. The molecule has 2 aromatic rings. The van der Waals surface area contributed by atoms with Crippen molar-refractivity contribution >= 4 is 15.9 Å². The molecule has 0 unspecified atom stereocenters. The number of carbonyl (C=O) groups excluding carboxylic acids is 1. The van der Waals surface area contributed by atoms with E-state index < -0.39 is 21.3 Å². The summed E-state index contributed by atoms with van der Waals surface area (Å²) in [6, 6.07) is 9.19. The molecule has 0 saturated carbocycles. The lowest BCUT2D eigenvalue weighted by molar-refractivity contribution is 0.0204. The van der Waals surface area contributed by atoms with Crippen molar-refractivity contribution in [3.63, 3.8) is 0 Å². The van der Waals surface area contributed by atoms with Crippen LogP contribution < -0.4 is 4.74 Å². The molecule has 1 saturated heterocycles. The van der Waals surface area contributed by atoms with E-state index >= 15 is 0 Å². The summed E-state index contributed by atoms with van der Waals surface area (Å²) in [5, 5.41) is 0. The third-order valence-electron chi connectivity index (χ3n) is 5.10. The quantitative estimate of drug-likeness (QED) is 0.655. The van der Waals surface area contributed by atoms with Crippen LogP contribution in [0.3, 0.4) is 0 Å². The van der Waals surface area contributed by atoms with E-state index in [1.54, 1.807) is 11.0 Å². The van der Waals surface area contributed by atoms with Gasteiger partial charge in [-0.2, -0.15) is 0 Å². The van der Waals surface area contributed by atoms with Crippen LogP contribution in [0.5, 0.6) is 5.75 Å². The van der Waals surface area contributed by atoms with Crippen LogP contribution in [0.1, 0.15) is 50.9 Å². The summed E-state index contributed by atoms with van der Waals surface area (Å²) in [5.74, 6) is -0.562. The third kappa shape index (κ3) is 6.41. The molecule has 32 heavy (non-hydrogen) atoms. The SMILES string of the molecule is CC(C)(C)OC(=O)N1CCC(c2cccc(COc3ccc(S(C)(=O)=O)cc3F)n2)CC1. The number of hydrogen-bond donors (Lipinski definition) is 0. The summed E-state index contributed by atoms with van der Waals surface area (Å²) in [6.07, 6.45) is 2.28. The number of aromatic nitrogens is 1. The first kappa shape index (κ1) is 24.0. The Kier molecular flexibility index (Phi) is 7.07. The molecule has 0 aliphatic carbocycles. The predicted molar refractivity (Wildman–Crippen MR) is 118 cm³/mol. The van der Waals surface area contributed by atoms with Crippen LogP contribution in [0.4, 0.5) is 9.18 Å². The van der Waals surface area contributed by atoms with E-state index in [2.05, 4.69) is 4.98 Å². The van der Waals surface area contributed by atoms with Crippen molar-refractivity contribution in [1.29, 1.82) is 0 Å². The number of sulfone groups is 1. The number of nitrogens with zero attached hydrogens (tertiary/aromatic N) is 2. The van der Waals surface area contributed by atoms with E-state index in [4.69, 9.17) is 9.47 Å². The Morgan fingerprint density at radius 3 is 2.47 bits per heavy atom. The molecule has 0 atom stereocenters. The summed E-state index contributed by atoms with van der Waals surface area (Å²) >= 11 is 0. The van der Waals surface area contributed by atoms with Crippen LogP contribution >= 0.6 is 0 Å². The molecule has 1 aliphatic heterocycles. The Morgan fingerprint density at radius 2 is 1.88 bits per heavy atom. The van der Waals surface area contributed by atoms with Crippen LogP contribution in [0, 0.1) is 5.82 Å². The Bertz CT molecular complexity index is 1070. The first-order valence-corrected chi connectivity index (χ1v) is 12.4. The van der Waals surface area contributed by atoms with Crippen molar-refractivity contribution in [2.75, 3.05) is 19.3 Å². The highest BCUT2D eigenvalue weighted by Crippen LogP contribution is 2.28. The fraction of sp³-hybridized carbons (Fsp3) is 0.478. The van der Waals surface area contributed by atoms with Crippen LogP contribution in [0.2, 0.25) is 0 Å². The van der Waals surface area contributed by atoms with Gasteiger partial charge in [0.05, 0.1) is 10.6 Å². The second kappa shape index (κ2) is 9.44. The van der Waals surface area contributed by atoms with Crippen molar-refractivity contribution in [2.45, 2.75) is 56.6 Å². The molecule has 1 fully saturated rings. The average molecular weight is 465 g/mol. The van der Waals surface area contributed by atoms with Crippen molar-refractivity contribution in [3.05, 3.63) is 53.6 Å². The monoisotopic (exact) mass is 464 g/mol. The normalized spacial score (nSPS) is 15.5. The standard InChI is InChI=1S/C23H29FN2O5S/c1-23(2,3)31-22(27)26-12-10-16(11-13-26)20-7-5-6-17(25-20)15-30-21-9-8-18(14-19(21)24)32(4,28)29/h5-9,14,16H,10-13,15H2,1-4H3. The zero-order valence-corrected chi connectivity index (χ0v) is 19.6. The van der Waals surface area contributed by atoms with E-state index in [9.17, 15) is 17.6 Å². The molecule has 7 nitrogen and oxygen atoms in total. The molecule has 1 aromatic heterocycles. The maximum absolute atomic E-state index is 14.2. The molecule has 3 rings (SSSR count). The van der Waals surface area contributed by atoms with Gasteiger partial charge in [0.25, 0.3) is 0 Å². The summed E-state index contributed by atoms with van der Waals surface area (Å²) < 4.78 is 48.2. The zero-order chi connectivity index (χ0) is 23.5.